The number of alkyl halides is 1. The zero-order valence-electron chi connectivity index (χ0n) is 8.66. The molecular formula is C11H16BrNS. The SMILES string of the molecule is Cc1cc(C2CC(Br)CCC2C)sn1. The lowest BCUT2D eigenvalue weighted by Crippen LogP contribution is -2.20. The van der Waals surface area contributed by atoms with E-state index in [2.05, 4.69) is 40.2 Å². The van der Waals surface area contributed by atoms with Gasteiger partial charge < -0.3 is 0 Å². The molecule has 1 nitrogen and oxygen atoms in total. The van der Waals surface area contributed by atoms with Gasteiger partial charge in [-0.25, -0.2) is 0 Å². The van der Waals surface area contributed by atoms with Gasteiger partial charge in [-0.1, -0.05) is 22.9 Å². The molecule has 1 heterocycles. The molecule has 1 saturated carbocycles. The average molecular weight is 274 g/mol. The molecule has 0 radical (unpaired) electrons. The normalized spacial score (nSPS) is 33.2. The first-order valence-electron chi connectivity index (χ1n) is 5.24. The van der Waals surface area contributed by atoms with Crippen LogP contribution in [0.25, 0.3) is 0 Å². The maximum absolute atomic E-state index is 4.38. The molecule has 1 aliphatic carbocycles. The molecule has 0 N–H and O–H groups in total. The van der Waals surface area contributed by atoms with Crippen molar-refractivity contribution in [1.82, 2.24) is 4.37 Å². The zero-order valence-corrected chi connectivity index (χ0v) is 11.1. The highest BCUT2D eigenvalue weighted by Gasteiger charge is 2.28. The number of aryl methyl sites for hydroxylation is 1. The van der Waals surface area contributed by atoms with Crippen molar-refractivity contribution in [2.75, 3.05) is 0 Å². The van der Waals surface area contributed by atoms with Crippen LogP contribution in [0.1, 0.15) is 42.7 Å². The summed E-state index contributed by atoms with van der Waals surface area (Å²) in [5, 5.41) is 0. The molecule has 1 aromatic rings. The Kier molecular flexibility index (Phi) is 3.27. The van der Waals surface area contributed by atoms with Crippen molar-refractivity contribution in [3.05, 3.63) is 16.6 Å². The first-order chi connectivity index (χ1) is 6.66. The van der Waals surface area contributed by atoms with Gasteiger partial charge in [-0.15, -0.1) is 0 Å². The number of hydrogen-bond donors (Lipinski definition) is 0. The Balaban J connectivity index is 2.15. The Morgan fingerprint density at radius 3 is 2.93 bits per heavy atom. The third-order valence-corrected chi connectivity index (χ3v) is 4.99. The smallest absolute Gasteiger partial charge is 0.0514 e. The molecule has 3 unspecified atom stereocenters. The number of aromatic nitrogens is 1. The second-order valence-corrected chi connectivity index (χ2v) is 6.50. The van der Waals surface area contributed by atoms with Crippen molar-refractivity contribution in [1.29, 1.82) is 0 Å². The van der Waals surface area contributed by atoms with Crippen LogP contribution in [0.15, 0.2) is 6.07 Å². The Bertz CT molecular complexity index is 310. The third-order valence-electron chi connectivity index (χ3n) is 3.14. The Labute approximate surface area is 98.2 Å². The van der Waals surface area contributed by atoms with E-state index in [-0.39, 0.29) is 0 Å². The van der Waals surface area contributed by atoms with Gasteiger partial charge in [0, 0.05) is 9.70 Å². The summed E-state index contributed by atoms with van der Waals surface area (Å²) in [6.07, 6.45) is 3.95. The van der Waals surface area contributed by atoms with Crippen LogP contribution in [0.5, 0.6) is 0 Å². The van der Waals surface area contributed by atoms with Crippen LogP contribution in [0.4, 0.5) is 0 Å². The van der Waals surface area contributed by atoms with Gasteiger partial charge in [0.25, 0.3) is 0 Å². The maximum atomic E-state index is 4.38. The van der Waals surface area contributed by atoms with Gasteiger partial charge in [0.1, 0.15) is 0 Å². The summed E-state index contributed by atoms with van der Waals surface area (Å²) in [4.78, 5) is 2.20. The molecule has 0 amide bonds. The van der Waals surface area contributed by atoms with Crippen molar-refractivity contribution >= 4 is 27.5 Å². The Hall–Kier alpha value is 0.110. The van der Waals surface area contributed by atoms with Crippen LogP contribution < -0.4 is 0 Å². The average Bonchev–Trinajstić information content (AvgIpc) is 2.56. The molecule has 0 aromatic carbocycles. The molecule has 1 aromatic heterocycles. The summed E-state index contributed by atoms with van der Waals surface area (Å²) >= 11 is 5.44. The summed E-state index contributed by atoms with van der Waals surface area (Å²) in [7, 11) is 0. The molecule has 14 heavy (non-hydrogen) atoms. The number of rotatable bonds is 1. The second-order valence-electron chi connectivity index (χ2n) is 4.36. The highest BCUT2D eigenvalue weighted by molar-refractivity contribution is 9.09. The van der Waals surface area contributed by atoms with Gasteiger partial charge in [0.05, 0.1) is 5.69 Å². The van der Waals surface area contributed by atoms with Gasteiger partial charge in [0.15, 0.2) is 0 Å². The molecule has 0 saturated heterocycles. The monoisotopic (exact) mass is 273 g/mol. The van der Waals surface area contributed by atoms with E-state index in [1.165, 1.54) is 29.8 Å². The summed E-state index contributed by atoms with van der Waals surface area (Å²) in [5.41, 5.74) is 1.17. The van der Waals surface area contributed by atoms with Crippen molar-refractivity contribution in [3.8, 4) is 0 Å². The molecule has 78 valence electrons. The lowest BCUT2D eigenvalue weighted by Gasteiger charge is -2.30. The lowest BCUT2D eigenvalue weighted by molar-refractivity contribution is 0.344. The fourth-order valence-electron chi connectivity index (χ4n) is 2.23. The number of nitrogens with zero attached hydrogens (tertiary/aromatic N) is 1. The van der Waals surface area contributed by atoms with Crippen molar-refractivity contribution in [2.45, 2.75) is 43.9 Å². The van der Waals surface area contributed by atoms with E-state index < -0.39 is 0 Å². The third kappa shape index (κ3) is 2.19. The van der Waals surface area contributed by atoms with Gasteiger partial charge in [-0.2, -0.15) is 4.37 Å². The first-order valence-corrected chi connectivity index (χ1v) is 6.93. The molecule has 3 atom stereocenters. The van der Waals surface area contributed by atoms with E-state index in [1.807, 2.05) is 0 Å². The predicted octanol–water partition coefficient (Wildman–Crippen LogP) is 4.12. The lowest BCUT2D eigenvalue weighted by atomic mass is 9.79. The summed E-state index contributed by atoms with van der Waals surface area (Å²) in [5.74, 6) is 1.56. The van der Waals surface area contributed by atoms with E-state index in [0.717, 1.165) is 11.8 Å². The minimum atomic E-state index is 0.714. The minimum Gasteiger partial charge on any atom is -0.198 e. The van der Waals surface area contributed by atoms with E-state index in [0.29, 0.717) is 4.83 Å². The Morgan fingerprint density at radius 2 is 2.29 bits per heavy atom. The van der Waals surface area contributed by atoms with E-state index in [1.54, 1.807) is 11.5 Å². The van der Waals surface area contributed by atoms with Crippen LogP contribution >= 0.6 is 27.5 Å². The van der Waals surface area contributed by atoms with Crippen LogP contribution in [0.2, 0.25) is 0 Å². The van der Waals surface area contributed by atoms with Crippen LogP contribution in [0, 0.1) is 12.8 Å². The van der Waals surface area contributed by atoms with Crippen molar-refractivity contribution in [2.24, 2.45) is 5.92 Å². The first kappa shape index (κ1) is 10.6. The van der Waals surface area contributed by atoms with Gasteiger partial charge in [-0.3, -0.25) is 0 Å². The molecule has 1 aliphatic rings. The van der Waals surface area contributed by atoms with Crippen LogP contribution in [0.3, 0.4) is 0 Å². The van der Waals surface area contributed by atoms with Gasteiger partial charge in [-0.05, 0) is 55.6 Å². The molecule has 0 bridgehead atoms. The maximum Gasteiger partial charge on any atom is 0.0514 e. The highest BCUT2D eigenvalue weighted by Crippen LogP contribution is 2.41. The predicted molar refractivity (Wildman–Crippen MR) is 65.3 cm³/mol. The molecule has 0 aliphatic heterocycles. The standard InChI is InChI=1S/C11H16BrNS/c1-7-3-4-9(12)6-10(7)11-5-8(2)13-14-11/h5,7,9-10H,3-4,6H2,1-2H3. The Morgan fingerprint density at radius 1 is 1.50 bits per heavy atom. The van der Waals surface area contributed by atoms with Crippen LogP contribution in [-0.4, -0.2) is 9.20 Å². The van der Waals surface area contributed by atoms with Gasteiger partial charge in [0.2, 0.25) is 0 Å². The van der Waals surface area contributed by atoms with Crippen molar-refractivity contribution in [3.63, 3.8) is 0 Å². The van der Waals surface area contributed by atoms with E-state index in [9.17, 15) is 0 Å². The fourth-order valence-corrected chi connectivity index (χ4v) is 3.88. The number of halogens is 1. The van der Waals surface area contributed by atoms with E-state index in [4.69, 9.17) is 0 Å². The molecular weight excluding hydrogens is 258 g/mol. The number of hydrogen-bond acceptors (Lipinski definition) is 2. The summed E-state index contributed by atoms with van der Waals surface area (Å²) in [6, 6.07) is 2.26. The second kappa shape index (κ2) is 4.31. The molecule has 1 fully saturated rings. The zero-order chi connectivity index (χ0) is 10.1. The summed E-state index contributed by atoms with van der Waals surface area (Å²) < 4.78 is 4.38. The molecule has 2 rings (SSSR count). The largest absolute Gasteiger partial charge is 0.198 e. The van der Waals surface area contributed by atoms with Crippen LogP contribution in [-0.2, 0) is 0 Å². The summed E-state index contributed by atoms with van der Waals surface area (Å²) in [6.45, 7) is 4.46. The topological polar surface area (TPSA) is 12.9 Å². The highest BCUT2D eigenvalue weighted by atomic mass is 79.9. The molecule has 3 heteroatoms. The quantitative estimate of drug-likeness (QED) is 0.702. The molecule has 0 spiro atoms. The van der Waals surface area contributed by atoms with Gasteiger partial charge >= 0.3 is 0 Å². The van der Waals surface area contributed by atoms with E-state index >= 15 is 0 Å². The minimum absolute atomic E-state index is 0.714. The van der Waals surface area contributed by atoms with Crippen molar-refractivity contribution < 1.29 is 0 Å². The fraction of sp³-hybridized carbons (Fsp3) is 0.727.